The van der Waals surface area contributed by atoms with Gasteiger partial charge in [-0.25, -0.2) is 0 Å². The van der Waals surface area contributed by atoms with Gasteiger partial charge in [-0.15, -0.1) is 10.2 Å². The minimum atomic E-state index is -0.268. The van der Waals surface area contributed by atoms with Gasteiger partial charge in [0.1, 0.15) is 0 Å². The Labute approximate surface area is 146 Å². The first-order valence-corrected chi connectivity index (χ1v) is 8.93. The van der Waals surface area contributed by atoms with E-state index in [0.29, 0.717) is 17.0 Å². The van der Waals surface area contributed by atoms with Crippen molar-refractivity contribution in [3.63, 3.8) is 0 Å². The van der Waals surface area contributed by atoms with Gasteiger partial charge in [0.25, 0.3) is 5.22 Å². The van der Waals surface area contributed by atoms with Gasteiger partial charge in [0.2, 0.25) is 11.8 Å². The van der Waals surface area contributed by atoms with Crippen molar-refractivity contribution in [2.24, 2.45) is 11.7 Å². The lowest BCUT2D eigenvalue weighted by atomic mass is 10.1. The summed E-state index contributed by atoms with van der Waals surface area (Å²) in [6, 6.07) is 5.56. The maximum Gasteiger partial charge on any atom is 0.277 e. The molecule has 24 heavy (non-hydrogen) atoms. The fourth-order valence-corrected chi connectivity index (χ4v) is 2.81. The smallest absolute Gasteiger partial charge is 0.277 e. The number of anilines is 1. The maximum absolute atomic E-state index is 12.1. The molecule has 0 spiro atoms. The summed E-state index contributed by atoms with van der Waals surface area (Å²) in [4.78, 5) is 12.1. The number of carbonyl (C=O) groups is 1. The average molecular weight is 348 g/mol. The molecule has 2 rings (SSSR count). The summed E-state index contributed by atoms with van der Waals surface area (Å²) in [7, 11) is 0. The van der Waals surface area contributed by atoms with E-state index in [4.69, 9.17) is 10.2 Å². The molecule has 1 atom stereocenters. The van der Waals surface area contributed by atoms with Crippen LogP contribution >= 0.6 is 11.8 Å². The third kappa shape index (κ3) is 5.07. The zero-order valence-corrected chi connectivity index (χ0v) is 15.3. The van der Waals surface area contributed by atoms with Gasteiger partial charge >= 0.3 is 0 Å². The number of benzene rings is 1. The first-order chi connectivity index (χ1) is 11.4. The lowest BCUT2D eigenvalue weighted by Crippen LogP contribution is -2.15. The van der Waals surface area contributed by atoms with Crippen molar-refractivity contribution in [2.75, 3.05) is 11.1 Å². The molecule has 6 nitrogen and oxygen atoms in total. The Morgan fingerprint density at radius 1 is 1.33 bits per heavy atom. The van der Waals surface area contributed by atoms with Crippen molar-refractivity contribution < 1.29 is 9.21 Å². The molecule has 0 fully saturated rings. The van der Waals surface area contributed by atoms with E-state index < -0.39 is 0 Å². The third-order valence-corrected chi connectivity index (χ3v) is 4.49. The molecule has 7 heteroatoms. The molecule has 1 aromatic heterocycles. The Hall–Kier alpha value is -1.86. The van der Waals surface area contributed by atoms with Crippen LogP contribution < -0.4 is 11.1 Å². The molecule has 1 amide bonds. The fraction of sp³-hybridized carbons (Fsp3) is 0.471. The Morgan fingerprint density at radius 3 is 2.79 bits per heavy atom. The largest absolute Gasteiger partial charge is 0.414 e. The van der Waals surface area contributed by atoms with Crippen LogP contribution in [0.3, 0.4) is 0 Å². The number of aryl methyl sites for hydroxylation is 1. The summed E-state index contributed by atoms with van der Waals surface area (Å²) in [5.41, 5.74) is 9.04. The number of hydrogen-bond donors (Lipinski definition) is 2. The lowest BCUT2D eigenvalue weighted by Gasteiger charge is -2.09. The Morgan fingerprint density at radius 2 is 2.08 bits per heavy atom. The van der Waals surface area contributed by atoms with E-state index in [0.717, 1.165) is 23.2 Å². The van der Waals surface area contributed by atoms with Gasteiger partial charge in [0, 0.05) is 5.69 Å². The maximum atomic E-state index is 12.1. The number of hydrogen-bond acceptors (Lipinski definition) is 6. The van der Waals surface area contributed by atoms with Crippen molar-refractivity contribution in [2.45, 2.75) is 45.4 Å². The predicted molar refractivity (Wildman–Crippen MR) is 96.0 cm³/mol. The van der Waals surface area contributed by atoms with Crippen molar-refractivity contribution in [3.05, 3.63) is 35.2 Å². The number of nitrogens with zero attached hydrogens (tertiary/aromatic N) is 2. The van der Waals surface area contributed by atoms with Gasteiger partial charge in [-0.3, -0.25) is 4.79 Å². The van der Waals surface area contributed by atoms with Crippen LogP contribution in [0, 0.1) is 19.8 Å². The van der Waals surface area contributed by atoms with Gasteiger partial charge in [-0.1, -0.05) is 37.7 Å². The second-order valence-electron chi connectivity index (χ2n) is 6.23. The number of nitrogens with two attached hydrogens (primary N) is 1. The quantitative estimate of drug-likeness (QED) is 0.744. The molecule has 0 radical (unpaired) electrons. The normalized spacial score (nSPS) is 12.4. The van der Waals surface area contributed by atoms with E-state index in [2.05, 4.69) is 29.4 Å². The van der Waals surface area contributed by atoms with Crippen molar-refractivity contribution in [3.8, 4) is 0 Å². The van der Waals surface area contributed by atoms with E-state index in [9.17, 15) is 4.79 Å². The molecular formula is C17H24N4O2S. The second-order valence-corrected chi connectivity index (χ2v) is 7.15. The molecule has 0 bridgehead atoms. The van der Waals surface area contributed by atoms with Crippen molar-refractivity contribution >= 4 is 23.4 Å². The molecule has 0 aliphatic rings. The highest BCUT2D eigenvalue weighted by atomic mass is 32.2. The van der Waals surface area contributed by atoms with E-state index in [1.165, 1.54) is 11.8 Å². The average Bonchev–Trinajstić information content (AvgIpc) is 2.98. The van der Waals surface area contributed by atoms with Crippen molar-refractivity contribution in [1.29, 1.82) is 0 Å². The van der Waals surface area contributed by atoms with E-state index in [1.54, 1.807) is 0 Å². The summed E-state index contributed by atoms with van der Waals surface area (Å²) < 4.78 is 5.53. The van der Waals surface area contributed by atoms with Gasteiger partial charge < -0.3 is 15.5 Å². The summed E-state index contributed by atoms with van der Waals surface area (Å²) in [6.45, 7) is 8.17. The Bertz CT molecular complexity index is 700. The van der Waals surface area contributed by atoms with Crippen LogP contribution in [0.15, 0.2) is 27.8 Å². The van der Waals surface area contributed by atoms with Gasteiger partial charge in [0.05, 0.1) is 11.8 Å². The number of nitrogens with one attached hydrogen (secondary N) is 1. The molecular weight excluding hydrogens is 324 g/mol. The summed E-state index contributed by atoms with van der Waals surface area (Å²) in [5, 5.41) is 11.2. The third-order valence-electron chi connectivity index (χ3n) is 3.67. The lowest BCUT2D eigenvalue weighted by molar-refractivity contribution is -0.113. The van der Waals surface area contributed by atoms with Crippen LogP contribution in [-0.2, 0) is 4.79 Å². The highest BCUT2D eigenvalue weighted by Gasteiger charge is 2.17. The molecule has 1 aromatic carbocycles. The summed E-state index contributed by atoms with van der Waals surface area (Å²) in [5.74, 6) is 0.960. The zero-order chi connectivity index (χ0) is 17.7. The standard InChI is InChI=1S/C17H24N4O2S/c1-10(2)8-13(18)16-20-21-17(23-16)24-9-15(22)19-14-7-5-6-11(3)12(14)4/h5-7,10,13H,8-9,18H2,1-4H3,(H,19,22). The number of carbonyl (C=O) groups excluding carboxylic acids is 1. The molecule has 3 N–H and O–H groups in total. The SMILES string of the molecule is Cc1cccc(NC(=O)CSc2nnc(C(N)CC(C)C)o2)c1C. The Kier molecular flexibility index (Phi) is 6.39. The molecule has 0 aliphatic carbocycles. The molecule has 130 valence electrons. The molecule has 1 unspecified atom stereocenters. The summed E-state index contributed by atoms with van der Waals surface area (Å²) in [6.07, 6.45) is 0.777. The van der Waals surface area contributed by atoms with Gasteiger partial charge in [-0.2, -0.15) is 0 Å². The van der Waals surface area contributed by atoms with Crippen LogP contribution in [0.1, 0.15) is 43.3 Å². The molecule has 2 aromatic rings. The number of rotatable bonds is 7. The van der Waals surface area contributed by atoms with E-state index >= 15 is 0 Å². The topological polar surface area (TPSA) is 94.0 Å². The number of aromatic nitrogens is 2. The van der Waals surface area contributed by atoms with Crippen LogP contribution in [0.25, 0.3) is 0 Å². The van der Waals surface area contributed by atoms with Crippen molar-refractivity contribution in [1.82, 2.24) is 10.2 Å². The summed E-state index contributed by atoms with van der Waals surface area (Å²) >= 11 is 1.21. The second kappa shape index (κ2) is 8.30. The number of amides is 1. The van der Waals surface area contributed by atoms with E-state index in [-0.39, 0.29) is 17.7 Å². The first-order valence-electron chi connectivity index (χ1n) is 7.94. The minimum absolute atomic E-state index is 0.111. The molecule has 0 saturated heterocycles. The molecule has 1 heterocycles. The van der Waals surface area contributed by atoms with Gasteiger partial charge in [0.15, 0.2) is 0 Å². The first kappa shape index (κ1) is 18.5. The fourth-order valence-electron chi connectivity index (χ4n) is 2.24. The van der Waals surface area contributed by atoms with Gasteiger partial charge in [-0.05, 0) is 43.4 Å². The van der Waals surface area contributed by atoms with Crippen LogP contribution in [0.4, 0.5) is 5.69 Å². The zero-order valence-electron chi connectivity index (χ0n) is 14.5. The Balaban J connectivity index is 1.88. The highest BCUT2D eigenvalue weighted by Crippen LogP contribution is 2.23. The monoisotopic (exact) mass is 348 g/mol. The predicted octanol–water partition coefficient (Wildman–Crippen LogP) is 3.46. The van der Waals surface area contributed by atoms with Crippen LogP contribution in [-0.4, -0.2) is 21.9 Å². The number of thioether (sulfide) groups is 1. The highest BCUT2D eigenvalue weighted by molar-refractivity contribution is 7.99. The van der Waals surface area contributed by atoms with E-state index in [1.807, 2.05) is 32.0 Å². The molecule has 0 saturated carbocycles. The van der Waals surface area contributed by atoms with Crippen LogP contribution in [0.2, 0.25) is 0 Å². The molecule has 0 aliphatic heterocycles. The van der Waals surface area contributed by atoms with Crippen LogP contribution in [0.5, 0.6) is 0 Å². The minimum Gasteiger partial charge on any atom is -0.414 e.